The van der Waals surface area contributed by atoms with Gasteiger partial charge in [-0.1, -0.05) is 48.5 Å². The van der Waals surface area contributed by atoms with Gasteiger partial charge in [0.2, 0.25) is 0 Å². The third kappa shape index (κ3) is 4.91. The molecule has 2 atom stereocenters. The highest BCUT2D eigenvalue weighted by Gasteiger charge is 2.48. The van der Waals surface area contributed by atoms with Gasteiger partial charge >= 0.3 is 0 Å². The van der Waals surface area contributed by atoms with Crippen LogP contribution in [0.25, 0.3) is 0 Å². The van der Waals surface area contributed by atoms with Crippen LogP contribution in [0.2, 0.25) is 0 Å². The zero-order valence-electron chi connectivity index (χ0n) is 16.1. The van der Waals surface area contributed by atoms with Crippen LogP contribution in [0.1, 0.15) is 61.3 Å². The quantitative estimate of drug-likeness (QED) is 0.802. The topological polar surface area (TPSA) is 70.2 Å². The molecule has 4 nitrogen and oxygen atoms in total. The Hall–Kier alpha value is -0.160. The summed E-state index contributed by atoms with van der Waals surface area (Å²) in [5, 5.41) is 11.0. The Morgan fingerprint density at radius 3 is 1.57 bits per heavy atom. The van der Waals surface area contributed by atoms with E-state index in [-0.39, 0.29) is 28.7 Å². The first-order chi connectivity index (χ1) is 10.00. The predicted octanol–water partition coefficient (Wildman–Crippen LogP) is 3.27. The van der Waals surface area contributed by atoms with E-state index in [4.69, 9.17) is 9.47 Å². The Balaban J connectivity index is 0.00000264. The lowest BCUT2D eigenvalue weighted by atomic mass is 9.58. The molecule has 0 radical (unpaired) electrons. The average molecular weight is 331 g/mol. The van der Waals surface area contributed by atoms with Crippen molar-refractivity contribution in [1.82, 2.24) is 0 Å². The molecule has 0 aromatic rings. The summed E-state index contributed by atoms with van der Waals surface area (Å²) in [7, 11) is 0. The molecule has 1 aliphatic heterocycles. The molecule has 138 valence electrons. The monoisotopic (exact) mass is 330 g/mol. The standard InChI is InChI=1S/C19H36O3.H2O/c1-12-10-21-17(22-11-12)13-8-14(18(2,3)4)16(20)15(9-13)19(5,6)7;/h12-17,20H,8-11H2,1-7H3;1H2. The van der Waals surface area contributed by atoms with E-state index in [0.29, 0.717) is 23.7 Å². The molecule has 0 bridgehead atoms. The third-order valence-corrected chi connectivity index (χ3v) is 5.64. The molecule has 2 aliphatic rings. The summed E-state index contributed by atoms with van der Waals surface area (Å²) in [5.41, 5.74) is 0.201. The summed E-state index contributed by atoms with van der Waals surface area (Å²) >= 11 is 0. The normalized spacial score (nSPS) is 39.7. The Bertz CT molecular complexity index is 337. The van der Waals surface area contributed by atoms with Crippen LogP contribution < -0.4 is 0 Å². The van der Waals surface area contributed by atoms with Crippen LogP contribution >= 0.6 is 0 Å². The summed E-state index contributed by atoms with van der Waals surface area (Å²) in [6.07, 6.45) is 1.67. The molecule has 0 aromatic carbocycles. The molecular formula is C19H38O4. The van der Waals surface area contributed by atoms with E-state index in [1.54, 1.807) is 0 Å². The average Bonchev–Trinajstić information content (AvgIpc) is 2.37. The van der Waals surface area contributed by atoms with Gasteiger partial charge in [-0.25, -0.2) is 0 Å². The molecule has 23 heavy (non-hydrogen) atoms. The van der Waals surface area contributed by atoms with Crippen molar-refractivity contribution in [3.63, 3.8) is 0 Å². The third-order valence-electron chi connectivity index (χ3n) is 5.64. The van der Waals surface area contributed by atoms with Crippen LogP contribution in [0, 0.1) is 34.5 Å². The summed E-state index contributed by atoms with van der Waals surface area (Å²) in [5.74, 6) is 1.47. The van der Waals surface area contributed by atoms with Crippen LogP contribution in [0.5, 0.6) is 0 Å². The summed E-state index contributed by atoms with van der Waals surface area (Å²) in [6, 6.07) is 0. The molecule has 1 heterocycles. The van der Waals surface area contributed by atoms with Gasteiger partial charge in [-0.05, 0) is 35.5 Å². The highest BCUT2D eigenvalue weighted by atomic mass is 16.7. The van der Waals surface area contributed by atoms with Gasteiger partial charge in [0.1, 0.15) is 0 Å². The van der Waals surface area contributed by atoms with Gasteiger partial charge in [0.25, 0.3) is 0 Å². The Labute approximate surface area is 142 Å². The first-order valence-electron chi connectivity index (χ1n) is 8.91. The van der Waals surface area contributed by atoms with Crippen molar-refractivity contribution in [2.75, 3.05) is 13.2 Å². The number of hydrogen-bond acceptors (Lipinski definition) is 3. The number of rotatable bonds is 1. The minimum atomic E-state index is -0.237. The van der Waals surface area contributed by atoms with E-state index in [1.165, 1.54) is 0 Å². The molecule has 2 rings (SSSR count). The highest BCUT2D eigenvalue weighted by molar-refractivity contribution is 4.96. The molecule has 0 amide bonds. The Morgan fingerprint density at radius 1 is 0.826 bits per heavy atom. The molecule has 2 unspecified atom stereocenters. The van der Waals surface area contributed by atoms with Gasteiger partial charge in [-0.2, -0.15) is 0 Å². The van der Waals surface area contributed by atoms with Crippen molar-refractivity contribution in [1.29, 1.82) is 0 Å². The lowest BCUT2D eigenvalue weighted by molar-refractivity contribution is -0.240. The minimum Gasteiger partial charge on any atom is -0.412 e. The van der Waals surface area contributed by atoms with E-state index in [1.807, 2.05) is 0 Å². The zero-order valence-corrected chi connectivity index (χ0v) is 16.1. The SMILES string of the molecule is CC1COC(C2CC(C(C)(C)C)C(O)C(C(C)(C)C)C2)OC1.O. The predicted molar refractivity (Wildman–Crippen MR) is 93.1 cm³/mol. The minimum absolute atomic E-state index is 0. The molecular weight excluding hydrogens is 292 g/mol. The lowest BCUT2D eigenvalue weighted by Crippen LogP contribution is -2.51. The van der Waals surface area contributed by atoms with Crippen LogP contribution in [-0.4, -0.2) is 36.2 Å². The van der Waals surface area contributed by atoms with E-state index in [9.17, 15) is 5.11 Å². The highest BCUT2D eigenvalue weighted by Crippen LogP contribution is 2.49. The first kappa shape index (κ1) is 20.9. The summed E-state index contributed by atoms with van der Waals surface area (Å²) in [4.78, 5) is 0. The van der Waals surface area contributed by atoms with Crippen LogP contribution in [-0.2, 0) is 9.47 Å². The summed E-state index contributed by atoms with van der Waals surface area (Å²) in [6.45, 7) is 17.2. The van der Waals surface area contributed by atoms with Gasteiger partial charge in [0.05, 0.1) is 19.3 Å². The van der Waals surface area contributed by atoms with Gasteiger partial charge in [-0.3, -0.25) is 0 Å². The molecule has 1 saturated heterocycles. The number of aliphatic hydroxyl groups excluding tert-OH is 1. The molecule has 0 spiro atoms. The molecule has 1 saturated carbocycles. The number of aliphatic hydroxyl groups is 1. The second kappa shape index (κ2) is 7.38. The van der Waals surface area contributed by atoms with Crippen molar-refractivity contribution >= 4 is 0 Å². The molecule has 2 fully saturated rings. The van der Waals surface area contributed by atoms with Gasteiger partial charge in [0, 0.05) is 11.8 Å². The van der Waals surface area contributed by atoms with Gasteiger partial charge in [-0.15, -0.1) is 0 Å². The van der Waals surface area contributed by atoms with E-state index >= 15 is 0 Å². The molecule has 1 aliphatic carbocycles. The van der Waals surface area contributed by atoms with Crippen molar-refractivity contribution in [3.05, 3.63) is 0 Å². The maximum atomic E-state index is 11.0. The lowest BCUT2D eigenvalue weighted by Gasteiger charge is -2.51. The molecule has 3 N–H and O–H groups in total. The second-order valence-corrected chi connectivity index (χ2v) is 9.81. The summed E-state index contributed by atoms with van der Waals surface area (Å²) < 4.78 is 12.0. The molecule has 4 heteroatoms. The van der Waals surface area contributed by atoms with E-state index < -0.39 is 0 Å². The van der Waals surface area contributed by atoms with Crippen molar-refractivity contribution in [3.8, 4) is 0 Å². The fourth-order valence-corrected chi connectivity index (χ4v) is 4.15. The number of hydrogen-bond donors (Lipinski definition) is 1. The van der Waals surface area contributed by atoms with Crippen LogP contribution in [0.15, 0.2) is 0 Å². The zero-order chi connectivity index (χ0) is 16.7. The Kier molecular flexibility index (Phi) is 6.70. The van der Waals surface area contributed by atoms with Crippen LogP contribution in [0.3, 0.4) is 0 Å². The van der Waals surface area contributed by atoms with E-state index in [2.05, 4.69) is 48.5 Å². The fourth-order valence-electron chi connectivity index (χ4n) is 4.15. The maximum Gasteiger partial charge on any atom is 0.160 e. The van der Waals surface area contributed by atoms with Crippen LogP contribution in [0.4, 0.5) is 0 Å². The smallest absolute Gasteiger partial charge is 0.160 e. The maximum absolute atomic E-state index is 11.0. The van der Waals surface area contributed by atoms with E-state index in [0.717, 1.165) is 26.1 Å². The number of ether oxygens (including phenoxy) is 2. The van der Waals surface area contributed by atoms with Crippen molar-refractivity contribution in [2.24, 2.45) is 34.5 Å². The van der Waals surface area contributed by atoms with Gasteiger partial charge in [0.15, 0.2) is 6.29 Å². The second-order valence-electron chi connectivity index (χ2n) is 9.81. The van der Waals surface area contributed by atoms with Crippen molar-refractivity contribution < 1.29 is 20.1 Å². The molecule has 0 aromatic heterocycles. The largest absolute Gasteiger partial charge is 0.412 e. The Morgan fingerprint density at radius 2 is 1.22 bits per heavy atom. The fraction of sp³-hybridized carbons (Fsp3) is 1.00. The first-order valence-corrected chi connectivity index (χ1v) is 8.91. The van der Waals surface area contributed by atoms with Crippen molar-refractivity contribution in [2.45, 2.75) is 73.7 Å². The van der Waals surface area contributed by atoms with Gasteiger partial charge < -0.3 is 20.1 Å².